The summed E-state index contributed by atoms with van der Waals surface area (Å²) in [5, 5.41) is 0. The minimum Gasteiger partial charge on any atom is -0.293 e. The number of carbonyl (C=O) groups is 1. The lowest BCUT2D eigenvalue weighted by Gasteiger charge is -2.24. The second kappa shape index (κ2) is 5.96. The van der Waals surface area contributed by atoms with E-state index >= 15 is 0 Å². The van der Waals surface area contributed by atoms with E-state index < -0.39 is 10.5 Å². The molecule has 0 saturated heterocycles. The number of Topliss-reactive ketones (excluding diaryl/α,β-unsaturated/α-hetero) is 1. The number of hydrogen-bond acceptors (Lipinski definition) is 1. The molecule has 1 heterocycles. The molecule has 1 nitrogen and oxygen atoms in total. The van der Waals surface area contributed by atoms with Gasteiger partial charge in [0, 0.05) is 0 Å². The number of rotatable bonds is 1. The average molecular weight is 348 g/mol. The highest BCUT2D eigenvalue weighted by Crippen LogP contribution is 2.34. The molecule has 1 aliphatic carbocycles. The third-order valence-corrected chi connectivity index (χ3v) is 7.57. The van der Waals surface area contributed by atoms with Crippen LogP contribution in [0.15, 0.2) is 82.6 Å². The Labute approximate surface area is 152 Å². The molecule has 1 aliphatic heterocycles. The molecule has 0 spiro atoms. The van der Waals surface area contributed by atoms with Gasteiger partial charge in [-0.2, -0.15) is 0 Å². The van der Waals surface area contributed by atoms with E-state index in [2.05, 4.69) is 63.3 Å². The number of fused-ring (bicyclic) bond motifs is 2. The molecule has 0 N–H and O–H groups in total. The standard InChI is InChI=1S/C23H22OS/c1-23(2,3)16-12-14-17(15-13-16)25-20-10-6-4-8-18(20)22(24)19-9-5-7-11-21(19)25/h4-15,18H,1-3H3/p+1. The van der Waals surface area contributed by atoms with Crippen LogP contribution in [0.4, 0.5) is 0 Å². The third kappa shape index (κ3) is 2.75. The summed E-state index contributed by atoms with van der Waals surface area (Å²) in [6, 6.07) is 17.1. The summed E-state index contributed by atoms with van der Waals surface area (Å²) < 4.78 is 0. The maximum Gasteiger partial charge on any atom is 0.183 e. The van der Waals surface area contributed by atoms with E-state index in [-0.39, 0.29) is 17.1 Å². The number of benzene rings is 2. The van der Waals surface area contributed by atoms with Crippen molar-refractivity contribution in [2.24, 2.45) is 5.92 Å². The lowest BCUT2D eigenvalue weighted by Crippen LogP contribution is -2.31. The molecule has 0 fully saturated rings. The molecule has 0 aromatic heterocycles. The van der Waals surface area contributed by atoms with Gasteiger partial charge in [0.15, 0.2) is 5.78 Å². The van der Waals surface area contributed by atoms with Crippen LogP contribution in [0, 0.1) is 5.92 Å². The number of hydrogen-bond donors (Lipinski definition) is 0. The molecule has 0 radical (unpaired) electrons. The fourth-order valence-corrected chi connectivity index (χ4v) is 6.23. The molecule has 2 unspecified atom stereocenters. The van der Waals surface area contributed by atoms with Gasteiger partial charge in [-0.15, -0.1) is 0 Å². The molecule has 2 aliphatic rings. The SMILES string of the molecule is CC(C)(C)c1ccc([SH+]2=C3C=CC=CC3C(=O)c3ccccc32)cc1. The maximum atomic E-state index is 12.9. The molecule has 2 heteroatoms. The molecule has 0 saturated carbocycles. The van der Waals surface area contributed by atoms with Gasteiger partial charge in [-0.25, -0.2) is 0 Å². The molecular weight excluding hydrogens is 324 g/mol. The number of thiol groups is 1. The fourth-order valence-electron chi connectivity index (χ4n) is 3.55. The van der Waals surface area contributed by atoms with Crippen LogP contribution in [0.3, 0.4) is 0 Å². The molecule has 0 amide bonds. The van der Waals surface area contributed by atoms with E-state index in [9.17, 15) is 4.79 Å². The van der Waals surface area contributed by atoms with Crippen LogP contribution in [0.1, 0.15) is 36.7 Å². The minimum absolute atomic E-state index is 0.103. The first-order valence-corrected chi connectivity index (χ1v) is 10.1. The quantitative estimate of drug-likeness (QED) is 0.409. The summed E-state index contributed by atoms with van der Waals surface area (Å²) >= 11 is 0. The Morgan fingerprint density at radius 2 is 1.64 bits per heavy atom. The topological polar surface area (TPSA) is 17.1 Å². The number of ketones is 1. The molecule has 4 rings (SSSR count). The highest BCUT2D eigenvalue weighted by atomic mass is 32.2. The Morgan fingerprint density at radius 1 is 0.920 bits per heavy atom. The second-order valence-corrected chi connectivity index (χ2v) is 9.85. The lowest BCUT2D eigenvalue weighted by atomic mass is 9.87. The van der Waals surface area contributed by atoms with Gasteiger partial charge in [0.1, 0.15) is 20.6 Å². The van der Waals surface area contributed by atoms with E-state index in [0.29, 0.717) is 0 Å². The summed E-state index contributed by atoms with van der Waals surface area (Å²) in [5.41, 5.74) is 2.38. The van der Waals surface area contributed by atoms with E-state index in [1.807, 2.05) is 30.4 Å². The zero-order chi connectivity index (χ0) is 17.6. The summed E-state index contributed by atoms with van der Waals surface area (Å²) in [4.78, 5) is 16.7. The molecule has 126 valence electrons. The highest BCUT2D eigenvalue weighted by molar-refractivity contribution is 7.97. The van der Waals surface area contributed by atoms with Gasteiger partial charge in [0.25, 0.3) is 0 Å². The van der Waals surface area contributed by atoms with Crippen LogP contribution in [0.2, 0.25) is 0 Å². The van der Waals surface area contributed by atoms with Gasteiger partial charge in [-0.3, -0.25) is 4.79 Å². The van der Waals surface area contributed by atoms with Gasteiger partial charge in [0.2, 0.25) is 0 Å². The van der Waals surface area contributed by atoms with Crippen LogP contribution in [-0.4, -0.2) is 10.6 Å². The van der Waals surface area contributed by atoms with E-state index in [0.717, 1.165) is 5.56 Å². The van der Waals surface area contributed by atoms with Crippen molar-refractivity contribution in [1.82, 2.24) is 0 Å². The van der Waals surface area contributed by atoms with Crippen molar-refractivity contribution >= 4 is 21.1 Å². The summed E-state index contributed by atoms with van der Waals surface area (Å²) in [5.74, 6) is 0.129. The molecular formula is C23H23OS+. The average Bonchev–Trinajstić information content (AvgIpc) is 2.62. The molecule has 25 heavy (non-hydrogen) atoms. The zero-order valence-corrected chi connectivity index (χ0v) is 15.8. The Balaban J connectivity index is 1.93. The first-order valence-electron chi connectivity index (χ1n) is 8.72. The van der Waals surface area contributed by atoms with Gasteiger partial charge < -0.3 is 0 Å². The molecule has 2 atom stereocenters. The first kappa shape index (κ1) is 16.3. The predicted molar refractivity (Wildman–Crippen MR) is 108 cm³/mol. The second-order valence-electron chi connectivity index (χ2n) is 7.66. The van der Waals surface area contributed by atoms with Gasteiger partial charge in [0.05, 0.1) is 5.56 Å². The monoisotopic (exact) mass is 347 g/mol. The van der Waals surface area contributed by atoms with Crippen LogP contribution in [-0.2, 0) is 15.9 Å². The Hall–Kier alpha value is -2.19. The smallest absolute Gasteiger partial charge is 0.183 e. The maximum absolute atomic E-state index is 12.9. The van der Waals surface area contributed by atoms with Crippen molar-refractivity contribution in [2.75, 3.05) is 0 Å². The van der Waals surface area contributed by atoms with Gasteiger partial charge >= 0.3 is 0 Å². The fraction of sp³-hybridized carbons (Fsp3) is 0.217. The summed E-state index contributed by atoms with van der Waals surface area (Å²) in [7, 11) is -0.657. The summed E-state index contributed by atoms with van der Waals surface area (Å²) in [6.45, 7) is 6.71. The third-order valence-electron chi connectivity index (χ3n) is 4.94. The van der Waals surface area contributed by atoms with Gasteiger partial charge in [-0.05, 0) is 41.3 Å². The van der Waals surface area contributed by atoms with Crippen molar-refractivity contribution in [1.29, 1.82) is 0 Å². The highest BCUT2D eigenvalue weighted by Gasteiger charge is 2.37. The lowest BCUT2D eigenvalue weighted by molar-refractivity contribution is 0.0969. The first-order chi connectivity index (χ1) is 12.0. The summed E-state index contributed by atoms with van der Waals surface area (Å²) in [6.07, 6.45) is 8.26. The van der Waals surface area contributed by atoms with Crippen LogP contribution >= 0.6 is 0 Å². The largest absolute Gasteiger partial charge is 0.293 e. The van der Waals surface area contributed by atoms with Crippen molar-refractivity contribution in [3.63, 3.8) is 0 Å². The van der Waals surface area contributed by atoms with Crippen molar-refractivity contribution in [3.8, 4) is 0 Å². The van der Waals surface area contributed by atoms with Gasteiger partial charge in [-0.1, -0.05) is 73.7 Å². The number of allylic oxidation sites excluding steroid dienone is 4. The van der Waals surface area contributed by atoms with Crippen LogP contribution in [0.25, 0.3) is 0 Å². The van der Waals surface area contributed by atoms with Crippen molar-refractivity contribution < 1.29 is 4.79 Å². The number of carbonyl (C=O) groups excluding carboxylic acids is 1. The van der Waals surface area contributed by atoms with E-state index in [1.54, 1.807) is 0 Å². The van der Waals surface area contributed by atoms with Crippen molar-refractivity contribution in [3.05, 3.63) is 84.0 Å². The predicted octanol–water partition coefficient (Wildman–Crippen LogP) is 4.86. The van der Waals surface area contributed by atoms with Crippen molar-refractivity contribution in [2.45, 2.75) is 36.0 Å². The normalized spacial score (nSPS) is 21.9. The minimum atomic E-state index is -0.657. The molecule has 2 aromatic rings. The van der Waals surface area contributed by atoms with Crippen LogP contribution in [0.5, 0.6) is 0 Å². The van der Waals surface area contributed by atoms with Crippen LogP contribution < -0.4 is 0 Å². The Bertz CT molecular complexity index is 937. The Kier molecular flexibility index (Phi) is 3.88. The zero-order valence-electron chi connectivity index (χ0n) is 14.9. The molecule has 2 aromatic carbocycles. The van der Waals surface area contributed by atoms with E-state index in [4.69, 9.17) is 0 Å². The van der Waals surface area contributed by atoms with E-state index in [1.165, 1.54) is 20.2 Å². The Morgan fingerprint density at radius 3 is 2.36 bits per heavy atom. The molecule has 0 bridgehead atoms.